The summed E-state index contributed by atoms with van der Waals surface area (Å²) in [6.07, 6.45) is 2.13. The van der Waals surface area contributed by atoms with Crippen LogP contribution >= 0.6 is 0 Å². The van der Waals surface area contributed by atoms with Crippen molar-refractivity contribution in [1.82, 2.24) is 0 Å². The molecular weight excluding hydrogens is 136 g/mol. The number of ketones is 1. The molecule has 0 aromatic carbocycles. The first-order chi connectivity index (χ1) is 4.92. The minimum absolute atomic E-state index is 0.286. The Balaban J connectivity index is 2.70. The number of hydrogen-bond donors (Lipinski definition) is 0. The van der Waals surface area contributed by atoms with Crippen LogP contribution in [0.25, 0.3) is 0 Å². The minimum atomic E-state index is 0.286. The molecule has 11 heavy (non-hydrogen) atoms. The Morgan fingerprint density at radius 1 is 1.18 bits per heavy atom. The number of rotatable bonds is 0. The summed E-state index contributed by atoms with van der Waals surface area (Å²) in [6, 6.07) is 0. The molecule has 0 saturated heterocycles. The van der Waals surface area contributed by atoms with Crippen LogP contribution in [-0.4, -0.2) is 5.78 Å². The van der Waals surface area contributed by atoms with Crippen LogP contribution < -0.4 is 0 Å². The molecular formula is C10H18O. The summed E-state index contributed by atoms with van der Waals surface area (Å²) >= 11 is 0. The normalized spacial score (nSPS) is 37.3. The Hall–Kier alpha value is -0.330. The van der Waals surface area contributed by atoms with Gasteiger partial charge in [0.1, 0.15) is 5.78 Å². The molecule has 2 atom stereocenters. The second kappa shape index (κ2) is 2.62. The van der Waals surface area contributed by atoms with Crippen LogP contribution in [0.15, 0.2) is 0 Å². The van der Waals surface area contributed by atoms with Gasteiger partial charge in [-0.05, 0) is 18.3 Å². The smallest absolute Gasteiger partial charge is 0.138 e. The van der Waals surface area contributed by atoms with Crippen molar-refractivity contribution in [2.24, 2.45) is 17.3 Å². The number of hydrogen-bond acceptors (Lipinski definition) is 1. The van der Waals surface area contributed by atoms with E-state index in [4.69, 9.17) is 0 Å². The van der Waals surface area contributed by atoms with Gasteiger partial charge in [-0.2, -0.15) is 0 Å². The zero-order valence-electron chi connectivity index (χ0n) is 7.98. The van der Waals surface area contributed by atoms with E-state index in [0.717, 1.165) is 12.8 Å². The summed E-state index contributed by atoms with van der Waals surface area (Å²) in [4.78, 5) is 11.4. The summed E-state index contributed by atoms with van der Waals surface area (Å²) in [6.45, 7) is 8.62. The highest BCUT2D eigenvalue weighted by Crippen LogP contribution is 2.39. The van der Waals surface area contributed by atoms with E-state index in [-0.39, 0.29) is 11.8 Å². The number of carbonyl (C=O) groups excluding carboxylic acids is 1. The lowest BCUT2D eigenvalue weighted by Gasteiger charge is -2.36. The van der Waals surface area contributed by atoms with Gasteiger partial charge in [0.25, 0.3) is 0 Å². The fourth-order valence-corrected chi connectivity index (χ4v) is 2.43. The Bertz CT molecular complexity index is 154. The van der Waals surface area contributed by atoms with Gasteiger partial charge in [-0.3, -0.25) is 4.79 Å². The molecule has 0 bridgehead atoms. The van der Waals surface area contributed by atoms with Crippen LogP contribution in [0.4, 0.5) is 0 Å². The van der Waals surface area contributed by atoms with Gasteiger partial charge in [-0.15, -0.1) is 0 Å². The largest absolute Gasteiger partial charge is 0.299 e. The van der Waals surface area contributed by atoms with E-state index in [9.17, 15) is 4.79 Å². The summed E-state index contributed by atoms with van der Waals surface area (Å²) in [7, 11) is 0. The fourth-order valence-electron chi connectivity index (χ4n) is 2.43. The van der Waals surface area contributed by atoms with Gasteiger partial charge in [0, 0.05) is 11.8 Å². The van der Waals surface area contributed by atoms with Crippen LogP contribution in [0.2, 0.25) is 0 Å². The Morgan fingerprint density at radius 3 is 1.91 bits per heavy atom. The molecule has 64 valence electrons. The molecule has 0 aliphatic heterocycles. The van der Waals surface area contributed by atoms with Gasteiger partial charge in [0.15, 0.2) is 0 Å². The standard InChI is InChI=1S/C10H18O/c1-7-5-10(3,4)6-8(2)9(7)11/h7-8H,5-6H2,1-4H3. The van der Waals surface area contributed by atoms with Crippen LogP contribution in [-0.2, 0) is 4.79 Å². The minimum Gasteiger partial charge on any atom is -0.299 e. The van der Waals surface area contributed by atoms with Crippen molar-refractivity contribution in [3.8, 4) is 0 Å². The molecule has 0 heterocycles. The van der Waals surface area contributed by atoms with Crippen molar-refractivity contribution in [2.75, 3.05) is 0 Å². The van der Waals surface area contributed by atoms with E-state index in [1.807, 2.05) is 0 Å². The van der Waals surface area contributed by atoms with Crippen LogP contribution in [0.3, 0.4) is 0 Å². The zero-order valence-corrected chi connectivity index (χ0v) is 7.98. The highest BCUT2D eigenvalue weighted by Gasteiger charge is 2.35. The average Bonchev–Trinajstić information content (AvgIpc) is 1.81. The predicted molar refractivity (Wildman–Crippen MR) is 46.4 cm³/mol. The van der Waals surface area contributed by atoms with Crippen LogP contribution in [0, 0.1) is 17.3 Å². The fraction of sp³-hybridized carbons (Fsp3) is 0.900. The second-order valence-electron chi connectivity index (χ2n) is 4.78. The maximum absolute atomic E-state index is 11.4. The highest BCUT2D eigenvalue weighted by atomic mass is 16.1. The van der Waals surface area contributed by atoms with E-state index < -0.39 is 0 Å². The zero-order chi connectivity index (χ0) is 8.65. The molecule has 1 fully saturated rings. The monoisotopic (exact) mass is 154 g/mol. The third kappa shape index (κ3) is 1.82. The van der Waals surface area contributed by atoms with Crippen LogP contribution in [0.1, 0.15) is 40.5 Å². The molecule has 0 spiro atoms. The molecule has 2 unspecified atom stereocenters. The van der Waals surface area contributed by atoms with E-state index in [1.54, 1.807) is 0 Å². The molecule has 1 rings (SSSR count). The lowest BCUT2D eigenvalue weighted by Crippen LogP contribution is -2.34. The molecule has 1 aliphatic carbocycles. The predicted octanol–water partition coefficient (Wildman–Crippen LogP) is 2.65. The molecule has 1 aliphatic rings. The molecule has 0 aromatic rings. The maximum Gasteiger partial charge on any atom is 0.138 e. The van der Waals surface area contributed by atoms with Crippen molar-refractivity contribution >= 4 is 5.78 Å². The Kier molecular flexibility index (Phi) is 2.08. The summed E-state index contributed by atoms with van der Waals surface area (Å²) < 4.78 is 0. The van der Waals surface area contributed by atoms with Crippen LogP contribution in [0.5, 0.6) is 0 Å². The molecule has 0 N–H and O–H groups in total. The topological polar surface area (TPSA) is 17.1 Å². The molecule has 1 heteroatoms. The lowest BCUT2D eigenvalue weighted by atomic mass is 9.68. The van der Waals surface area contributed by atoms with E-state index in [1.165, 1.54) is 0 Å². The van der Waals surface area contributed by atoms with Gasteiger partial charge in [-0.25, -0.2) is 0 Å². The number of Topliss-reactive ketones (excluding diaryl/α,β-unsaturated/α-hetero) is 1. The van der Waals surface area contributed by atoms with Gasteiger partial charge >= 0.3 is 0 Å². The van der Waals surface area contributed by atoms with Crippen molar-refractivity contribution in [2.45, 2.75) is 40.5 Å². The molecule has 1 saturated carbocycles. The quantitative estimate of drug-likeness (QED) is 0.524. The molecule has 0 radical (unpaired) electrons. The third-order valence-corrected chi connectivity index (χ3v) is 2.69. The van der Waals surface area contributed by atoms with Crippen molar-refractivity contribution in [3.63, 3.8) is 0 Å². The van der Waals surface area contributed by atoms with Gasteiger partial charge in [0.05, 0.1) is 0 Å². The van der Waals surface area contributed by atoms with E-state index >= 15 is 0 Å². The van der Waals surface area contributed by atoms with Gasteiger partial charge in [-0.1, -0.05) is 27.7 Å². The van der Waals surface area contributed by atoms with Gasteiger partial charge < -0.3 is 0 Å². The third-order valence-electron chi connectivity index (χ3n) is 2.69. The maximum atomic E-state index is 11.4. The van der Waals surface area contributed by atoms with Crippen molar-refractivity contribution in [3.05, 3.63) is 0 Å². The summed E-state index contributed by atoms with van der Waals surface area (Å²) in [5.41, 5.74) is 0.382. The first kappa shape index (κ1) is 8.76. The second-order valence-corrected chi connectivity index (χ2v) is 4.78. The number of carbonyl (C=O) groups is 1. The van der Waals surface area contributed by atoms with Crippen molar-refractivity contribution < 1.29 is 4.79 Å². The van der Waals surface area contributed by atoms with E-state index in [0.29, 0.717) is 11.2 Å². The summed E-state index contributed by atoms with van der Waals surface area (Å²) in [5, 5.41) is 0. The SMILES string of the molecule is CC1CC(C)(C)CC(C)C1=O. The average molecular weight is 154 g/mol. The molecule has 0 aromatic heterocycles. The first-order valence-electron chi connectivity index (χ1n) is 4.46. The first-order valence-corrected chi connectivity index (χ1v) is 4.46. The van der Waals surface area contributed by atoms with Crippen molar-refractivity contribution in [1.29, 1.82) is 0 Å². The Labute approximate surface area is 69.2 Å². The summed E-state index contributed by atoms with van der Waals surface area (Å²) in [5.74, 6) is 1.03. The lowest BCUT2D eigenvalue weighted by molar-refractivity contribution is -0.130. The molecule has 0 amide bonds. The molecule has 1 nitrogen and oxygen atoms in total. The van der Waals surface area contributed by atoms with E-state index in [2.05, 4.69) is 27.7 Å². The highest BCUT2D eigenvalue weighted by molar-refractivity contribution is 5.83. The Morgan fingerprint density at radius 2 is 1.55 bits per heavy atom. The van der Waals surface area contributed by atoms with Gasteiger partial charge in [0.2, 0.25) is 0 Å².